The minimum atomic E-state index is -1.68. The number of rotatable bonds is 16. The second-order valence-electron chi connectivity index (χ2n) is 6.87. The maximum Gasteiger partial charge on any atom is 0.328 e. The second kappa shape index (κ2) is 15.3. The first kappa shape index (κ1) is 29.5. The minimum absolute atomic E-state index is 0.130. The summed E-state index contributed by atoms with van der Waals surface area (Å²) in [5.41, 5.74) is 16.1. The molecule has 13 N–H and O–H groups in total. The number of carbonyl (C=O) groups is 5. The summed E-state index contributed by atoms with van der Waals surface area (Å²) in [4.78, 5) is 62.5. The Balaban J connectivity index is 5.15. The van der Waals surface area contributed by atoms with Crippen LogP contribution in [0.1, 0.15) is 25.7 Å². The molecule has 0 aromatic heterocycles. The molecule has 0 heterocycles. The molecule has 0 aliphatic rings. The monoisotopic (exact) mass is 477 g/mol. The summed E-state index contributed by atoms with van der Waals surface area (Å²) >= 11 is 0. The van der Waals surface area contributed by atoms with Gasteiger partial charge in [-0.25, -0.2) is 4.79 Å². The quantitative estimate of drug-likeness (QED) is 0.0566. The second-order valence-corrected chi connectivity index (χ2v) is 6.87. The van der Waals surface area contributed by atoms with E-state index in [0.717, 1.165) is 0 Å². The van der Waals surface area contributed by atoms with Crippen molar-refractivity contribution in [2.24, 2.45) is 22.2 Å². The van der Waals surface area contributed by atoms with Crippen molar-refractivity contribution in [2.45, 2.75) is 49.9 Å². The number of guanidine groups is 1. The van der Waals surface area contributed by atoms with E-state index in [1.165, 1.54) is 0 Å². The van der Waals surface area contributed by atoms with Gasteiger partial charge >= 0.3 is 11.9 Å². The van der Waals surface area contributed by atoms with E-state index in [1.807, 2.05) is 5.32 Å². The van der Waals surface area contributed by atoms with E-state index in [9.17, 15) is 29.1 Å². The number of aliphatic hydroxyl groups excluding tert-OH is 2. The average Bonchev–Trinajstić information content (AvgIpc) is 2.74. The van der Waals surface area contributed by atoms with Gasteiger partial charge in [0.15, 0.2) is 5.96 Å². The molecule has 16 heteroatoms. The van der Waals surface area contributed by atoms with Gasteiger partial charge in [0, 0.05) is 13.0 Å². The molecule has 33 heavy (non-hydrogen) atoms. The number of aliphatic carboxylic acids is 2. The zero-order valence-electron chi connectivity index (χ0n) is 17.8. The van der Waals surface area contributed by atoms with Crippen LogP contribution in [0.5, 0.6) is 0 Å². The molecular weight excluding hydrogens is 446 g/mol. The van der Waals surface area contributed by atoms with E-state index in [0.29, 0.717) is 6.42 Å². The van der Waals surface area contributed by atoms with Gasteiger partial charge in [0.2, 0.25) is 17.7 Å². The summed E-state index contributed by atoms with van der Waals surface area (Å²) in [7, 11) is 0. The molecule has 0 saturated carbocycles. The van der Waals surface area contributed by atoms with Crippen molar-refractivity contribution < 1.29 is 44.4 Å². The third-order valence-corrected chi connectivity index (χ3v) is 4.20. The maximum absolute atomic E-state index is 12.6. The van der Waals surface area contributed by atoms with Crippen molar-refractivity contribution in [1.29, 1.82) is 0 Å². The lowest BCUT2D eigenvalue weighted by molar-refractivity contribution is -0.143. The van der Waals surface area contributed by atoms with Gasteiger partial charge in [-0.1, -0.05) is 0 Å². The summed E-state index contributed by atoms with van der Waals surface area (Å²) in [6, 6.07) is -5.81. The molecule has 0 aromatic carbocycles. The van der Waals surface area contributed by atoms with Gasteiger partial charge in [-0.15, -0.1) is 0 Å². The number of aliphatic hydroxyl groups is 2. The third kappa shape index (κ3) is 12.2. The predicted octanol–water partition coefficient (Wildman–Crippen LogP) is -5.24. The first-order chi connectivity index (χ1) is 15.4. The summed E-state index contributed by atoms with van der Waals surface area (Å²) in [5.74, 6) is -5.84. The average molecular weight is 477 g/mol. The van der Waals surface area contributed by atoms with Crippen molar-refractivity contribution in [1.82, 2.24) is 16.0 Å². The minimum Gasteiger partial charge on any atom is -0.481 e. The van der Waals surface area contributed by atoms with Crippen LogP contribution >= 0.6 is 0 Å². The highest BCUT2D eigenvalue weighted by Crippen LogP contribution is 2.03. The summed E-state index contributed by atoms with van der Waals surface area (Å²) in [5, 5.41) is 42.4. The van der Waals surface area contributed by atoms with E-state index in [4.69, 9.17) is 32.5 Å². The fourth-order valence-electron chi connectivity index (χ4n) is 2.39. The lowest BCUT2D eigenvalue weighted by Gasteiger charge is -2.23. The van der Waals surface area contributed by atoms with Gasteiger partial charge in [-0.05, 0) is 19.3 Å². The molecule has 0 bridgehead atoms. The van der Waals surface area contributed by atoms with E-state index >= 15 is 0 Å². The maximum atomic E-state index is 12.6. The fraction of sp³-hybridized carbons (Fsp3) is 0.647. The largest absolute Gasteiger partial charge is 0.481 e. The van der Waals surface area contributed by atoms with Crippen molar-refractivity contribution in [3.63, 3.8) is 0 Å². The van der Waals surface area contributed by atoms with Crippen LogP contribution in [0.25, 0.3) is 0 Å². The number of nitrogens with zero attached hydrogens (tertiary/aromatic N) is 1. The van der Waals surface area contributed by atoms with Crippen LogP contribution < -0.4 is 33.2 Å². The van der Waals surface area contributed by atoms with Gasteiger partial charge in [0.05, 0.1) is 19.3 Å². The zero-order chi connectivity index (χ0) is 25.6. The molecule has 0 spiro atoms. The number of amides is 3. The Morgan fingerprint density at radius 3 is 1.79 bits per heavy atom. The molecule has 0 saturated heterocycles. The standard InChI is InChI=1S/C17H31N7O9/c18-8(2-1-5-21-17(19)20)13(29)22-9(3-4-12(27)28)14(30)23-10(6-25)15(31)24-11(7-26)16(32)33/h8-11,25-26H,1-7,18H2,(H,22,29)(H,23,30)(H,24,31)(H,27,28)(H,32,33)(H4,19,20,21). The van der Waals surface area contributed by atoms with E-state index in [-0.39, 0.29) is 25.3 Å². The Morgan fingerprint density at radius 2 is 1.30 bits per heavy atom. The van der Waals surface area contributed by atoms with Crippen molar-refractivity contribution in [3.05, 3.63) is 0 Å². The Bertz CT molecular complexity index is 728. The van der Waals surface area contributed by atoms with Crippen molar-refractivity contribution in [2.75, 3.05) is 19.8 Å². The van der Waals surface area contributed by atoms with E-state index in [2.05, 4.69) is 15.6 Å². The first-order valence-electron chi connectivity index (χ1n) is 9.81. The van der Waals surface area contributed by atoms with Gasteiger partial charge in [0.1, 0.15) is 18.1 Å². The first-order valence-corrected chi connectivity index (χ1v) is 9.81. The summed E-state index contributed by atoms with van der Waals surface area (Å²) in [6.07, 6.45) is -0.377. The molecule has 0 aromatic rings. The molecule has 0 aliphatic heterocycles. The highest BCUT2D eigenvalue weighted by Gasteiger charge is 2.30. The van der Waals surface area contributed by atoms with Gasteiger partial charge in [-0.3, -0.25) is 24.2 Å². The predicted molar refractivity (Wildman–Crippen MR) is 112 cm³/mol. The molecule has 4 unspecified atom stereocenters. The number of nitrogens with one attached hydrogen (secondary N) is 3. The molecule has 4 atom stereocenters. The molecule has 0 fully saturated rings. The van der Waals surface area contributed by atoms with Gasteiger partial charge in [-0.2, -0.15) is 0 Å². The number of carbonyl (C=O) groups excluding carboxylic acids is 3. The van der Waals surface area contributed by atoms with Crippen LogP contribution in [0.2, 0.25) is 0 Å². The SMILES string of the molecule is NC(N)=NCCCC(N)C(=O)NC(CCC(=O)O)C(=O)NC(CO)C(=O)NC(CO)C(=O)O. The Hall–Kier alpha value is -3.50. The Labute approximate surface area is 188 Å². The molecule has 0 rings (SSSR count). The highest BCUT2D eigenvalue weighted by atomic mass is 16.4. The lowest BCUT2D eigenvalue weighted by atomic mass is 10.1. The third-order valence-electron chi connectivity index (χ3n) is 4.20. The molecule has 0 radical (unpaired) electrons. The number of carboxylic acids is 2. The van der Waals surface area contributed by atoms with Crippen molar-refractivity contribution >= 4 is 35.6 Å². The summed E-state index contributed by atoms with van der Waals surface area (Å²) in [6.45, 7) is -1.67. The van der Waals surface area contributed by atoms with Crippen LogP contribution in [0.4, 0.5) is 0 Å². The smallest absolute Gasteiger partial charge is 0.328 e. The molecule has 16 nitrogen and oxygen atoms in total. The van der Waals surface area contributed by atoms with Gasteiger partial charge in [0.25, 0.3) is 0 Å². The van der Waals surface area contributed by atoms with E-state index < -0.39 is 73.5 Å². The zero-order valence-corrected chi connectivity index (χ0v) is 17.8. The Kier molecular flexibility index (Phi) is 13.7. The summed E-state index contributed by atoms with van der Waals surface area (Å²) < 4.78 is 0. The van der Waals surface area contributed by atoms with Crippen LogP contribution in [0, 0.1) is 0 Å². The van der Waals surface area contributed by atoms with Crippen LogP contribution in [-0.2, 0) is 24.0 Å². The molecule has 0 aliphatic carbocycles. The number of aliphatic imine (C=N–C) groups is 1. The molecule has 3 amide bonds. The molecular formula is C17H31N7O9. The number of hydrogen-bond acceptors (Lipinski definition) is 9. The topological polar surface area (TPSA) is 293 Å². The van der Waals surface area contributed by atoms with Crippen LogP contribution in [0.15, 0.2) is 4.99 Å². The number of carboxylic acid groups (broad SMARTS) is 2. The Morgan fingerprint density at radius 1 is 0.788 bits per heavy atom. The van der Waals surface area contributed by atoms with Crippen LogP contribution in [-0.4, -0.2) is 100.0 Å². The van der Waals surface area contributed by atoms with E-state index in [1.54, 1.807) is 0 Å². The van der Waals surface area contributed by atoms with Gasteiger partial charge < -0.3 is 53.6 Å². The van der Waals surface area contributed by atoms with Crippen molar-refractivity contribution in [3.8, 4) is 0 Å². The number of hydrogen-bond donors (Lipinski definition) is 10. The lowest BCUT2D eigenvalue weighted by Crippen LogP contribution is -2.58. The number of nitrogens with two attached hydrogens (primary N) is 3. The molecule has 188 valence electrons. The van der Waals surface area contributed by atoms with Crippen LogP contribution in [0.3, 0.4) is 0 Å². The fourth-order valence-corrected chi connectivity index (χ4v) is 2.39. The highest BCUT2D eigenvalue weighted by molar-refractivity contribution is 5.94. The normalized spacial score (nSPS) is 14.2.